The van der Waals surface area contributed by atoms with Crippen LogP contribution in [-0.2, 0) is 22.9 Å². The van der Waals surface area contributed by atoms with Gasteiger partial charge < -0.3 is 16.0 Å². The Balaban J connectivity index is 0.000000273. The lowest BCUT2D eigenvalue weighted by Crippen LogP contribution is -2.21. The summed E-state index contributed by atoms with van der Waals surface area (Å²) in [5, 5.41) is 3.27. The second-order valence-corrected chi connectivity index (χ2v) is 8.73. The van der Waals surface area contributed by atoms with E-state index in [1.54, 1.807) is 12.1 Å². The van der Waals surface area contributed by atoms with Crippen LogP contribution in [0, 0.1) is 0 Å². The molecule has 0 spiro atoms. The van der Waals surface area contributed by atoms with Crippen molar-refractivity contribution in [2.45, 2.75) is 37.9 Å². The molecule has 6 heteroatoms. The number of nitrogens with zero attached hydrogens (tertiary/aromatic N) is 1. The highest BCUT2D eigenvalue weighted by Crippen LogP contribution is 2.11. The third kappa shape index (κ3) is 7.99. The van der Waals surface area contributed by atoms with E-state index in [1.165, 1.54) is 17.5 Å². The maximum absolute atomic E-state index is 11.2. The molecule has 3 N–H and O–H groups in total. The van der Waals surface area contributed by atoms with Crippen LogP contribution in [0.5, 0.6) is 0 Å². The molecule has 0 radical (unpaired) electrons. The standard InChI is InChI=1S/C11H17NO2S.C9H14N2/c1-9(2)12-8-10-4-6-11(7-5-10)15(3,13)14;1-11(2)9-5-3-8(7-10)4-6-9/h4-7,9,12H,8H2,1-3H3;3-6H,7,10H2,1-2H3. The first-order chi connectivity index (χ1) is 12.1. The van der Waals surface area contributed by atoms with Gasteiger partial charge in [0, 0.05) is 45.2 Å². The number of anilines is 1. The van der Waals surface area contributed by atoms with Crippen LogP contribution in [0.25, 0.3) is 0 Å². The van der Waals surface area contributed by atoms with Gasteiger partial charge in [0.05, 0.1) is 4.90 Å². The highest BCUT2D eigenvalue weighted by atomic mass is 32.2. The number of hydrogen-bond donors (Lipinski definition) is 2. The third-order valence-electron chi connectivity index (χ3n) is 3.75. The summed E-state index contributed by atoms with van der Waals surface area (Å²) in [6, 6.07) is 15.6. The van der Waals surface area contributed by atoms with E-state index in [0.717, 1.165) is 12.1 Å². The van der Waals surface area contributed by atoms with E-state index >= 15 is 0 Å². The summed E-state index contributed by atoms with van der Waals surface area (Å²) in [5.74, 6) is 0. The second kappa shape index (κ2) is 10.3. The third-order valence-corrected chi connectivity index (χ3v) is 4.88. The fourth-order valence-electron chi connectivity index (χ4n) is 2.11. The summed E-state index contributed by atoms with van der Waals surface area (Å²) < 4.78 is 22.4. The number of sulfone groups is 1. The van der Waals surface area contributed by atoms with E-state index in [9.17, 15) is 8.42 Å². The molecule has 5 nitrogen and oxygen atoms in total. The van der Waals surface area contributed by atoms with Crippen LogP contribution >= 0.6 is 0 Å². The van der Waals surface area contributed by atoms with Crippen molar-refractivity contribution in [1.82, 2.24) is 5.32 Å². The van der Waals surface area contributed by atoms with Gasteiger partial charge >= 0.3 is 0 Å². The molecule has 0 aliphatic rings. The van der Waals surface area contributed by atoms with Crippen molar-refractivity contribution >= 4 is 15.5 Å². The van der Waals surface area contributed by atoms with Gasteiger partial charge in [-0.2, -0.15) is 0 Å². The van der Waals surface area contributed by atoms with E-state index in [1.807, 2.05) is 26.2 Å². The largest absolute Gasteiger partial charge is 0.378 e. The lowest BCUT2D eigenvalue weighted by Gasteiger charge is -2.11. The van der Waals surface area contributed by atoms with E-state index in [-0.39, 0.29) is 0 Å². The molecule has 2 aromatic carbocycles. The van der Waals surface area contributed by atoms with E-state index < -0.39 is 9.84 Å². The van der Waals surface area contributed by atoms with Crippen LogP contribution in [0.1, 0.15) is 25.0 Å². The van der Waals surface area contributed by atoms with Gasteiger partial charge in [0.15, 0.2) is 9.84 Å². The monoisotopic (exact) mass is 377 g/mol. The first-order valence-corrected chi connectivity index (χ1v) is 10.5. The van der Waals surface area contributed by atoms with Crippen molar-refractivity contribution in [3.8, 4) is 0 Å². The Morgan fingerprint density at radius 3 is 1.85 bits per heavy atom. The lowest BCUT2D eigenvalue weighted by atomic mass is 10.2. The van der Waals surface area contributed by atoms with Gasteiger partial charge in [-0.3, -0.25) is 0 Å². The Morgan fingerprint density at radius 1 is 0.962 bits per heavy atom. The summed E-state index contributed by atoms with van der Waals surface area (Å²) >= 11 is 0. The number of benzene rings is 2. The Morgan fingerprint density at radius 2 is 1.46 bits per heavy atom. The molecule has 26 heavy (non-hydrogen) atoms. The van der Waals surface area contributed by atoms with Gasteiger partial charge in [0.1, 0.15) is 0 Å². The maximum atomic E-state index is 11.2. The molecule has 144 valence electrons. The quantitative estimate of drug-likeness (QED) is 0.810. The van der Waals surface area contributed by atoms with Gasteiger partial charge in [-0.05, 0) is 35.4 Å². The van der Waals surface area contributed by atoms with Crippen molar-refractivity contribution in [1.29, 1.82) is 0 Å². The zero-order valence-electron chi connectivity index (χ0n) is 16.4. The van der Waals surface area contributed by atoms with Crippen molar-refractivity contribution in [3.63, 3.8) is 0 Å². The first kappa shape index (κ1) is 22.2. The normalized spacial score (nSPS) is 11.0. The smallest absolute Gasteiger partial charge is 0.175 e. The van der Waals surface area contributed by atoms with Crippen LogP contribution in [0.3, 0.4) is 0 Å². The minimum absolute atomic E-state index is 0.371. The zero-order chi connectivity index (χ0) is 19.7. The molecule has 0 aliphatic heterocycles. The van der Waals surface area contributed by atoms with Crippen LogP contribution < -0.4 is 16.0 Å². The minimum atomic E-state index is -3.07. The topological polar surface area (TPSA) is 75.4 Å². The first-order valence-electron chi connectivity index (χ1n) is 8.62. The number of rotatable bonds is 6. The molecule has 0 bridgehead atoms. The Hall–Kier alpha value is -1.89. The van der Waals surface area contributed by atoms with Crippen molar-refractivity contribution in [2.75, 3.05) is 25.3 Å². The van der Waals surface area contributed by atoms with Gasteiger partial charge in [-0.15, -0.1) is 0 Å². The van der Waals surface area contributed by atoms with Crippen LogP contribution in [0.4, 0.5) is 5.69 Å². The van der Waals surface area contributed by atoms with E-state index in [2.05, 4.69) is 48.3 Å². The molecular formula is C20H31N3O2S. The SMILES string of the molecule is CC(C)NCc1ccc(S(C)(=O)=O)cc1.CN(C)c1ccc(CN)cc1. The molecule has 0 unspecified atom stereocenters. The molecule has 0 saturated carbocycles. The summed E-state index contributed by atoms with van der Waals surface area (Å²) in [7, 11) is 0.979. The number of nitrogens with two attached hydrogens (primary N) is 1. The van der Waals surface area contributed by atoms with E-state index in [4.69, 9.17) is 5.73 Å². The fourth-order valence-corrected chi connectivity index (χ4v) is 2.74. The molecule has 0 saturated heterocycles. The molecule has 0 aliphatic carbocycles. The molecule has 0 fully saturated rings. The van der Waals surface area contributed by atoms with Gasteiger partial charge in [-0.1, -0.05) is 38.1 Å². The summed E-state index contributed by atoms with van der Waals surface area (Å²) in [6.07, 6.45) is 1.22. The van der Waals surface area contributed by atoms with Crippen molar-refractivity contribution in [3.05, 3.63) is 59.7 Å². The molecule has 0 heterocycles. The van der Waals surface area contributed by atoms with Crippen LogP contribution in [-0.4, -0.2) is 34.8 Å². The van der Waals surface area contributed by atoms with Crippen LogP contribution in [0.15, 0.2) is 53.4 Å². The van der Waals surface area contributed by atoms with Crippen molar-refractivity contribution < 1.29 is 8.42 Å². The maximum Gasteiger partial charge on any atom is 0.175 e. The predicted octanol–water partition coefficient (Wildman–Crippen LogP) is 2.80. The summed E-state index contributed by atoms with van der Waals surface area (Å²) in [6.45, 7) is 5.53. The highest BCUT2D eigenvalue weighted by molar-refractivity contribution is 7.90. The molecule has 2 aromatic rings. The Labute approximate surface area is 158 Å². The zero-order valence-corrected chi connectivity index (χ0v) is 17.2. The minimum Gasteiger partial charge on any atom is -0.378 e. The molecule has 0 amide bonds. The molecule has 0 aromatic heterocycles. The number of hydrogen-bond acceptors (Lipinski definition) is 5. The Kier molecular flexibility index (Phi) is 8.78. The molecule has 0 atom stereocenters. The summed E-state index contributed by atoms with van der Waals surface area (Å²) in [5.41, 5.74) is 8.94. The van der Waals surface area contributed by atoms with E-state index in [0.29, 0.717) is 17.5 Å². The lowest BCUT2D eigenvalue weighted by molar-refractivity contribution is 0.588. The highest BCUT2D eigenvalue weighted by Gasteiger charge is 2.05. The summed E-state index contributed by atoms with van der Waals surface area (Å²) in [4.78, 5) is 2.44. The second-order valence-electron chi connectivity index (χ2n) is 6.72. The van der Waals surface area contributed by atoms with Crippen LogP contribution in [0.2, 0.25) is 0 Å². The molecule has 2 rings (SSSR count). The number of nitrogens with one attached hydrogen (secondary N) is 1. The predicted molar refractivity (Wildman–Crippen MR) is 110 cm³/mol. The Bertz CT molecular complexity index is 753. The average Bonchev–Trinajstić information content (AvgIpc) is 2.60. The van der Waals surface area contributed by atoms with Gasteiger partial charge in [-0.25, -0.2) is 8.42 Å². The van der Waals surface area contributed by atoms with Gasteiger partial charge in [0.2, 0.25) is 0 Å². The fraction of sp³-hybridized carbons (Fsp3) is 0.400. The molecular weight excluding hydrogens is 346 g/mol. The van der Waals surface area contributed by atoms with Gasteiger partial charge in [0.25, 0.3) is 0 Å². The average molecular weight is 378 g/mol. The van der Waals surface area contributed by atoms with Crippen molar-refractivity contribution in [2.24, 2.45) is 5.73 Å².